The van der Waals surface area contributed by atoms with Gasteiger partial charge in [-0.25, -0.2) is 4.79 Å². The molecule has 3 aromatic rings. The number of nitrogen functional groups attached to an aromatic ring is 1. The molecule has 0 unspecified atom stereocenters. The van der Waals surface area contributed by atoms with E-state index in [-0.39, 0.29) is 29.9 Å². The second-order valence-corrected chi connectivity index (χ2v) is 8.45. The molecule has 0 aliphatic carbocycles. The number of benzene rings is 1. The van der Waals surface area contributed by atoms with Crippen LogP contribution in [0.5, 0.6) is 0 Å². The van der Waals surface area contributed by atoms with Crippen LogP contribution in [-0.4, -0.2) is 54.8 Å². The van der Waals surface area contributed by atoms with Crippen molar-refractivity contribution in [3.8, 4) is 0 Å². The third-order valence-electron chi connectivity index (χ3n) is 4.80. The van der Waals surface area contributed by atoms with Crippen LogP contribution >= 0.6 is 11.8 Å². The fraction of sp³-hybridized carbons (Fsp3) is 0.286. The third kappa shape index (κ3) is 6.59. The van der Waals surface area contributed by atoms with Crippen LogP contribution in [-0.2, 0) is 16.0 Å². The van der Waals surface area contributed by atoms with Gasteiger partial charge in [-0.15, -0.1) is 11.8 Å². The lowest BCUT2D eigenvalue weighted by atomic mass is 10.1. The average molecular weight is 474 g/mol. The molecule has 0 fully saturated rings. The molecule has 1 amide bonds. The third-order valence-corrected chi connectivity index (χ3v) is 5.90. The highest BCUT2D eigenvalue weighted by atomic mass is 32.2. The minimum absolute atomic E-state index is 0.0623. The molecule has 2 aromatic heterocycles. The lowest BCUT2D eigenvalue weighted by Crippen LogP contribution is -2.41. The molecule has 0 bridgehead atoms. The first-order valence-electron chi connectivity index (χ1n) is 10.1. The van der Waals surface area contributed by atoms with E-state index >= 15 is 0 Å². The van der Waals surface area contributed by atoms with Crippen molar-refractivity contribution in [3.05, 3.63) is 51.9 Å². The molecule has 7 N–H and O–H groups in total. The largest absolute Gasteiger partial charge is 0.481 e. The maximum absolute atomic E-state index is 12.3. The van der Waals surface area contributed by atoms with Gasteiger partial charge in [0.2, 0.25) is 5.95 Å². The fourth-order valence-corrected chi connectivity index (χ4v) is 4.00. The Labute approximate surface area is 191 Å². The molecule has 0 aliphatic heterocycles. The number of amides is 1. The van der Waals surface area contributed by atoms with Gasteiger partial charge >= 0.3 is 11.9 Å². The van der Waals surface area contributed by atoms with Crippen LogP contribution < -0.4 is 16.6 Å². The van der Waals surface area contributed by atoms with Crippen molar-refractivity contribution >= 4 is 46.6 Å². The van der Waals surface area contributed by atoms with E-state index in [9.17, 15) is 19.2 Å². The molecule has 2 heterocycles. The topological polar surface area (TPSA) is 191 Å². The smallest absolute Gasteiger partial charge is 0.326 e. The Morgan fingerprint density at radius 3 is 2.55 bits per heavy atom. The number of thioether (sulfide) groups is 1. The van der Waals surface area contributed by atoms with Crippen molar-refractivity contribution in [2.45, 2.75) is 36.6 Å². The van der Waals surface area contributed by atoms with Crippen LogP contribution in [0, 0.1) is 0 Å². The monoisotopic (exact) mass is 473 g/mol. The van der Waals surface area contributed by atoms with Gasteiger partial charge in [0, 0.05) is 22.6 Å². The molecule has 11 nitrogen and oxygen atoms in total. The Hall–Kier alpha value is -3.80. The molecular weight excluding hydrogens is 450 g/mol. The van der Waals surface area contributed by atoms with Crippen molar-refractivity contribution in [1.82, 2.24) is 20.3 Å². The number of carboxylic acid groups (broad SMARTS) is 2. The minimum atomic E-state index is -1.28. The van der Waals surface area contributed by atoms with Crippen LogP contribution in [0.2, 0.25) is 0 Å². The van der Waals surface area contributed by atoms with Gasteiger partial charge < -0.3 is 26.2 Å². The average Bonchev–Trinajstić information content (AvgIpc) is 3.17. The lowest BCUT2D eigenvalue weighted by molar-refractivity contribution is -0.140. The first-order valence-corrected chi connectivity index (χ1v) is 11.1. The number of aromatic amines is 2. The summed E-state index contributed by atoms with van der Waals surface area (Å²) in [7, 11) is 0. The highest BCUT2D eigenvalue weighted by Gasteiger charge is 2.21. The number of aromatic nitrogens is 3. The number of nitrogens with two attached hydrogens (primary N) is 1. The predicted molar refractivity (Wildman–Crippen MR) is 122 cm³/mol. The van der Waals surface area contributed by atoms with E-state index < -0.39 is 23.9 Å². The van der Waals surface area contributed by atoms with Crippen molar-refractivity contribution in [2.24, 2.45) is 0 Å². The number of fused-ring (bicyclic) bond motifs is 1. The normalized spacial score (nSPS) is 11.9. The van der Waals surface area contributed by atoms with Gasteiger partial charge in [-0.3, -0.25) is 19.4 Å². The Morgan fingerprint density at radius 2 is 1.88 bits per heavy atom. The van der Waals surface area contributed by atoms with Gasteiger partial charge in [-0.2, -0.15) is 4.98 Å². The van der Waals surface area contributed by atoms with Gasteiger partial charge in [0.15, 0.2) is 0 Å². The second kappa shape index (κ2) is 10.7. The quantitative estimate of drug-likeness (QED) is 0.177. The highest BCUT2D eigenvalue weighted by Crippen LogP contribution is 2.21. The molecule has 0 radical (unpaired) electrons. The van der Waals surface area contributed by atoms with Crippen molar-refractivity contribution < 1.29 is 24.6 Å². The Bertz CT molecular complexity index is 1220. The van der Waals surface area contributed by atoms with Gasteiger partial charge in [-0.1, -0.05) is 0 Å². The standard InChI is InChI=1S/C21H23N5O6S/c22-21-25-17-14(19(30)26-21)10-12(23-17)2-1-9-33-13-5-3-11(4-6-13)18(29)24-15(20(31)32)7-8-16(27)28/h3-6,10,15H,1-2,7-9H2,(H,24,29)(H,27,28)(H,31,32)(H4,22,23,25,26,30)/t15-/m0/s1. The van der Waals surface area contributed by atoms with Crippen molar-refractivity contribution in [2.75, 3.05) is 11.5 Å². The summed E-state index contributed by atoms with van der Waals surface area (Å²) in [6.07, 6.45) is 0.998. The second-order valence-electron chi connectivity index (χ2n) is 7.28. The first-order chi connectivity index (χ1) is 15.7. The highest BCUT2D eigenvalue weighted by molar-refractivity contribution is 7.99. The number of nitrogens with zero attached hydrogens (tertiary/aromatic N) is 1. The number of carboxylic acids is 2. The van der Waals surface area contributed by atoms with E-state index in [2.05, 4.69) is 20.3 Å². The number of carbonyl (C=O) groups is 3. The van der Waals surface area contributed by atoms with Crippen LogP contribution in [0.15, 0.2) is 40.0 Å². The van der Waals surface area contributed by atoms with Crippen LogP contribution in [0.1, 0.15) is 35.3 Å². The number of anilines is 1. The minimum Gasteiger partial charge on any atom is -0.481 e. The molecule has 33 heavy (non-hydrogen) atoms. The maximum Gasteiger partial charge on any atom is 0.326 e. The van der Waals surface area contributed by atoms with E-state index in [1.165, 1.54) is 0 Å². The fourth-order valence-electron chi connectivity index (χ4n) is 3.15. The molecule has 0 saturated carbocycles. The number of nitrogens with one attached hydrogen (secondary N) is 3. The Morgan fingerprint density at radius 1 is 1.15 bits per heavy atom. The zero-order chi connectivity index (χ0) is 24.0. The lowest BCUT2D eigenvalue weighted by Gasteiger charge is -2.13. The van der Waals surface area contributed by atoms with Crippen LogP contribution in [0.3, 0.4) is 0 Å². The molecular formula is C21H23N5O6S. The molecule has 0 spiro atoms. The Balaban J connectivity index is 1.48. The van der Waals surface area contributed by atoms with Crippen molar-refractivity contribution in [1.29, 1.82) is 0 Å². The van der Waals surface area contributed by atoms with Gasteiger partial charge in [0.05, 0.1) is 5.39 Å². The summed E-state index contributed by atoms with van der Waals surface area (Å²) in [6.45, 7) is 0. The van der Waals surface area contributed by atoms with E-state index in [1.807, 2.05) is 0 Å². The molecule has 0 aliphatic rings. The number of aryl methyl sites for hydroxylation is 1. The van der Waals surface area contributed by atoms with Crippen molar-refractivity contribution in [3.63, 3.8) is 0 Å². The van der Waals surface area contributed by atoms with Gasteiger partial charge in [0.1, 0.15) is 11.7 Å². The number of hydrogen-bond donors (Lipinski definition) is 6. The SMILES string of the molecule is Nc1nc2[nH]c(CCCSc3ccc(C(=O)N[C@@H](CCC(=O)O)C(=O)O)cc3)cc2c(=O)[nH]1. The van der Waals surface area contributed by atoms with E-state index in [0.29, 0.717) is 11.0 Å². The van der Waals surface area contributed by atoms with Gasteiger partial charge in [-0.05, 0) is 55.3 Å². The number of aliphatic carboxylic acids is 2. The first kappa shape index (κ1) is 23.9. The van der Waals surface area contributed by atoms with E-state index in [1.54, 1.807) is 42.1 Å². The summed E-state index contributed by atoms with van der Waals surface area (Å²) in [6, 6.07) is 7.21. The summed E-state index contributed by atoms with van der Waals surface area (Å²) in [4.78, 5) is 56.6. The predicted octanol–water partition coefficient (Wildman–Crippen LogP) is 1.61. The summed E-state index contributed by atoms with van der Waals surface area (Å²) >= 11 is 1.59. The molecule has 1 aromatic carbocycles. The number of carbonyl (C=O) groups excluding carboxylic acids is 1. The molecule has 174 valence electrons. The Kier molecular flexibility index (Phi) is 7.72. The van der Waals surface area contributed by atoms with E-state index in [4.69, 9.17) is 15.9 Å². The zero-order valence-corrected chi connectivity index (χ0v) is 18.3. The van der Waals surface area contributed by atoms with Crippen LogP contribution in [0.4, 0.5) is 5.95 Å². The number of hydrogen-bond acceptors (Lipinski definition) is 7. The molecule has 3 rings (SSSR count). The van der Waals surface area contributed by atoms with Gasteiger partial charge in [0.25, 0.3) is 11.5 Å². The van der Waals surface area contributed by atoms with E-state index in [0.717, 1.165) is 29.2 Å². The summed E-state index contributed by atoms with van der Waals surface area (Å²) in [5.41, 5.74) is 6.90. The molecule has 12 heteroatoms. The maximum atomic E-state index is 12.3. The summed E-state index contributed by atoms with van der Waals surface area (Å²) in [5.74, 6) is -2.13. The summed E-state index contributed by atoms with van der Waals surface area (Å²) in [5, 5.41) is 20.7. The number of rotatable bonds is 11. The zero-order valence-electron chi connectivity index (χ0n) is 17.5. The molecule has 1 atom stereocenters. The van der Waals surface area contributed by atoms with Crippen LogP contribution in [0.25, 0.3) is 11.0 Å². The number of H-pyrrole nitrogens is 2. The molecule has 0 saturated heterocycles. The summed E-state index contributed by atoms with van der Waals surface area (Å²) < 4.78 is 0.